The maximum Gasteiger partial charge on any atom is 0.257 e. The SMILES string of the molecule is Cc1cc(=O)c(C(=O)NCc2nn(C)cc2Br)c[nH]1. The molecule has 2 heterocycles. The fourth-order valence-corrected chi connectivity index (χ4v) is 2.15. The van der Waals surface area contributed by atoms with Gasteiger partial charge in [-0.05, 0) is 22.9 Å². The third-order valence-electron chi connectivity index (χ3n) is 2.57. The van der Waals surface area contributed by atoms with Crippen LogP contribution in [-0.4, -0.2) is 20.7 Å². The number of aromatic nitrogens is 3. The molecular formula is C12H13BrN4O2. The number of carbonyl (C=O) groups is 1. The maximum absolute atomic E-state index is 11.9. The first kappa shape index (κ1) is 13.5. The fraction of sp³-hybridized carbons (Fsp3) is 0.250. The van der Waals surface area contributed by atoms with Crippen molar-refractivity contribution in [2.45, 2.75) is 13.5 Å². The lowest BCUT2D eigenvalue weighted by atomic mass is 10.2. The number of nitrogens with zero attached hydrogens (tertiary/aromatic N) is 2. The van der Waals surface area contributed by atoms with Crippen LogP contribution in [0.1, 0.15) is 21.7 Å². The summed E-state index contributed by atoms with van der Waals surface area (Å²) < 4.78 is 2.46. The average molecular weight is 325 g/mol. The molecule has 2 N–H and O–H groups in total. The van der Waals surface area contributed by atoms with Crippen molar-refractivity contribution in [3.05, 3.63) is 50.1 Å². The van der Waals surface area contributed by atoms with Crippen LogP contribution in [0.25, 0.3) is 0 Å². The predicted molar refractivity (Wildman–Crippen MR) is 73.9 cm³/mol. The Morgan fingerprint density at radius 1 is 1.58 bits per heavy atom. The monoisotopic (exact) mass is 324 g/mol. The lowest BCUT2D eigenvalue weighted by Crippen LogP contribution is -2.28. The summed E-state index contributed by atoms with van der Waals surface area (Å²) in [6, 6.07) is 1.39. The van der Waals surface area contributed by atoms with E-state index in [4.69, 9.17) is 0 Å². The molecule has 2 rings (SSSR count). The molecule has 1 amide bonds. The lowest BCUT2D eigenvalue weighted by molar-refractivity contribution is 0.0949. The molecule has 0 fully saturated rings. The Hall–Kier alpha value is -1.89. The van der Waals surface area contributed by atoms with Gasteiger partial charge in [0.15, 0.2) is 5.43 Å². The number of aromatic amines is 1. The van der Waals surface area contributed by atoms with Crippen LogP contribution in [0.4, 0.5) is 0 Å². The zero-order chi connectivity index (χ0) is 14.0. The normalized spacial score (nSPS) is 10.5. The van der Waals surface area contributed by atoms with E-state index in [0.717, 1.165) is 4.47 Å². The van der Waals surface area contributed by atoms with Gasteiger partial charge in [-0.15, -0.1) is 0 Å². The molecule has 100 valence electrons. The second-order valence-corrected chi connectivity index (χ2v) is 5.03. The quantitative estimate of drug-likeness (QED) is 0.887. The minimum atomic E-state index is -0.418. The average Bonchev–Trinajstić information content (AvgIpc) is 2.65. The van der Waals surface area contributed by atoms with E-state index in [-0.39, 0.29) is 17.5 Å². The summed E-state index contributed by atoms with van der Waals surface area (Å²) >= 11 is 3.34. The number of aryl methyl sites for hydroxylation is 2. The Bertz CT molecular complexity index is 675. The number of hydrogen-bond acceptors (Lipinski definition) is 3. The van der Waals surface area contributed by atoms with Gasteiger partial charge in [-0.1, -0.05) is 0 Å². The highest BCUT2D eigenvalue weighted by Gasteiger charge is 2.12. The molecule has 0 saturated heterocycles. The van der Waals surface area contributed by atoms with Crippen LogP contribution in [-0.2, 0) is 13.6 Å². The van der Waals surface area contributed by atoms with E-state index >= 15 is 0 Å². The van der Waals surface area contributed by atoms with E-state index in [1.807, 2.05) is 0 Å². The highest BCUT2D eigenvalue weighted by Crippen LogP contribution is 2.13. The van der Waals surface area contributed by atoms with Gasteiger partial charge in [0, 0.05) is 31.2 Å². The Kier molecular flexibility index (Phi) is 3.84. The standard InChI is InChI=1S/C12H13BrN4O2/c1-7-3-11(18)8(4-14-7)12(19)15-5-10-9(13)6-17(2)16-10/h3-4,6H,5H2,1-2H3,(H,14,18)(H,15,19). The van der Waals surface area contributed by atoms with Gasteiger partial charge in [-0.3, -0.25) is 14.3 Å². The number of hydrogen-bond donors (Lipinski definition) is 2. The topological polar surface area (TPSA) is 79.8 Å². The van der Waals surface area contributed by atoms with Crippen LogP contribution in [0, 0.1) is 6.92 Å². The summed E-state index contributed by atoms with van der Waals surface area (Å²) in [4.78, 5) is 26.4. The predicted octanol–water partition coefficient (Wildman–Crippen LogP) is 1.11. The fourth-order valence-electron chi connectivity index (χ4n) is 1.64. The van der Waals surface area contributed by atoms with Crippen LogP contribution in [0.2, 0.25) is 0 Å². The van der Waals surface area contributed by atoms with E-state index < -0.39 is 5.91 Å². The maximum atomic E-state index is 11.9. The zero-order valence-corrected chi connectivity index (χ0v) is 12.1. The van der Waals surface area contributed by atoms with Crippen molar-refractivity contribution in [1.82, 2.24) is 20.1 Å². The first-order valence-corrected chi connectivity index (χ1v) is 6.42. The van der Waals surface area contributed by atoms with Gasteiger partial charge >= 0.3 is 0 Å². The number of amides is 1. The van der Waals surface area contributed by atoms with Crippen LogP contribution in [0.3, 0.4) is 0 Å². The van der Waals surface area contributed by atoms with Crippen LogP contribution >= 0.6 is 15.9 Å². The second-order valence-electron chi connectivity index (χ2n) is 4.17. The molecule has 0 aromatic carbocycles. The molecule has 0 spiro atoms. The minimum Gasteiger partial charge on any atom is -0.364 e. The van der Waals surface area contributed by atoms with Gasteiger partial charge < -0.3 is 10.3 Å². The van der Waals surface area contributed by atoms with Crippen molar-refractivity contribution in [3.63, 3.8) is 0 Å². The Labute approximate surface area is 118 Å². The van der Waals surface area contributed by atoms with Crippen LogP contribution < -0.4 is 10.7 Å². The Morgan fingerprint density at radius 3 is 2.89 bits per heavy atom. The van der Waals surface area contributed by atoms with Gasteiger partial charge in [0.05, 0.1) is 16.7 Å². The minimum absolute atomic E-state index is 0.0950. The van der Waals surface area contributed by atoms with E-state index in [9.17, 15) is 9.59 Å². The number of H-pyrrole nitrogens is 1. The third-order valence-corrected chi connectivity index (χ3v) is 3.24. The van der Waals surface area contributed by atoms with E-state index in [1.54, 1.807) is 24.9 Å². The molecule has 2 aromatic heterocycles. The van der Waals surface area contributed by atoms with Gasteiger partial charge in [0.2, 0.25) is 0 Å². The molecule has 0 atom stereocenters. The Morgan fingerprint density at radius 2 is 2.32 bits per heavy atom. The summed E-state index contributed by atoms with van der Waals surface area (Å²) in [6.45, 7) is 2.02. The molecule has 0 unspecified atom stereocenters. The highest BCUT2D eigenvalue weighted by molar-refractivity contribution is 9.10. The summed E-state index contributed by atoms with van der Waals surface area (Å²) in [5.41, 5.74) is 1.22. The van der Waals surface area contributed by atoms with Crippen molar-refractivity contribution in [3.8, 4) is 0 Å². The molecule has 0 aliphatic rings. The van der Waals surface area contributed by atoms with Gasteiger partial charge in [-0.2, -0.15) is 5.10 Å². The van der Waals surface area contributed by atoms with Crippen molar-refractivity contribution in [2.24, 2.45) is 7.05 Å². The van der Waals surface area contributed by atoms with Crippen molar-refractivity contribution in [1.29, 1.82) is 0 Å². The molecule has 0 radical (unpaired) electrons. The number of carbonyl (C=O) groups excluding carboxylic acids is 1. The number of pyridine rings is 1. The second kappa shape index (κ2) is 5.40. The van der Waals surface area contributed by atoms with E-state index in [2.05, 4.69) is 31.3 Å². The highest BCUT2D eigenvalue weighted by atomic mass is 79.9. The molecule has 2 aromatic rings. The number of rotatable bonds is 3. The smallest absolute Gasteiger partial charge is 0.257 e. The number of halogens is 1. The first-order chi connectivity index (χ1) is 8.97. The summed E-state index contributed by atoms with van der Waals surface area (Å²) in [6.07, 6.45) is 3.21. The van der Waals surface area contributed by atoms with Crippen LogP contribution in [0.5, 0.6) is 0 Å². The van der Waals surface area contributed by atoms with Gasteiger partial charge in [0.1, 0.15) is 5.56 Å². The molecule has 19 heavy (non-hydrogen) atoms. The van der Waals surface area contributed by atoms with Crippen molar-refractivity contribution >= 4 is 21.8 Å². The zero-order valence-electron chi connectivity index (χ0n) is 10.5. The largest absolute Gasteiger partial charge is 0.364 e. The van der Waals surface area contributed by atoms with E-state index in [0.29, 0.717) is 11.4 Å². The van der Waals surface area contributed by atoms with E-state index in [1.165, 1.54) is 12.3 Å². The van der Waals surface area contributed by atoms with Gasteiger partial charge in [-0.25, -0.2) is 0 Å². The summed E-state index contributed by atoms with van der Waals surface area (Å²) in [5.74, 6) is -0.418. The third kappa shape index (κ3) is 3.11. The van der Waals surface area contributed by atoms with Crippen LogP contribution in [0.15, 0.2) is 27.7 Å². The number of nitrogens with one attached hydrogen (secondary N) is 2. The molecule has 0 aliphatic carbocycles. The van der Waals surface area contributed by atoms with Gasteiger partial charge in [0.25, 0.3) is 5.91 Å². The molecular weight excluding hydrogens is 312 g/mol. The molecule has 0 saturated carbocycles. The summed E-state index contributed by atoms with van der Waals surface area (Å²) in [5, 5.41) is 6.85. The molecule has 0 aliphatic heterocycles. The molecule has 0 bridgehead atoms. The first-order valence-electron chi connectivity index (χ1n) is 5.63. The molecule has 7 heteroatoms. The summed E-state index contributed by atoms with van der Waals surface area (Å²) in [7, 11) is 1.79. The Balaban J connectivity index is 2.09. The lowest BCUT2D eigenvalue weighted by Gasteiger charge is -2.03. The molecule has 6 nitrogen and oxygen atoms in total. The van der Waals surface area contributed by atoms with Crippen molar-refractivity contribution in [2.75, 3.05) is 0 Å². The van der Waals surface area contributed by atoms with Crippen molar-refractivity contribution < 1.29 is 4.79 Å².